The zero-order valence-corrected chi connectivity index (χ0v) is 22.3. The van der Waals surface area contributed by atoms with Gasteiger partial charge in [0.15, 0.2) is 5.72 Å². The van der Waals surface area contributed by atoms with Crippen LogP contribution in [0.15, 0.2) is 22.5 Å². The number of hydrogen-bond donors (Lipinski definition) is 4. The van der Waals surface area contributed by atoms with Gasteiger partial charge in [0, 0.05) is 47.9 Å². The molecule has 0 aromatic carbocycles. The molecule has 36 heavy (non-hydrogen) atoms. The number of amides is 1. The minimum Gasteiger partial charge on any atom is -0.481 e. The number of Topliss-reactive ketones (excluding diaryl/α,β-unsaturated/α-hetero) is 2. The number of ketones is 2. The fourth-order valence-electron chi connectivity index (χ4n) is 5.39. The van der Waals surface area contributed by atoms with E-state index in [1.165, 1.54) is 17.9 Å². The Kier molecular flexibility index (Phi) is 7.39. The third-order valence-corrected chi connectivity index (χ3v) is 9.59. The quantitative estimate of drug-likeness (QED) is 0.120. The van der Waals surface area contributed by atoms with Gasteiger partial charge in [-0.1, -0.05) is 21.6 Å². The second-order valence-electron chi connectivity index (χ2n) is 9.97. The summed E-state index contributed by atoms with van der Waals surface area (Å²) < 4.78 is 11.1. The fourth-order valence-corrected chi connectivity index (χ4v) is 7.68. The second kappa shape index (κ2) is 9.92. The molecule has 0 radical (unpaired) electrons. The molecule has 3 heterocycles. The lowest BCUT2D eigenvalue weighted by Gasteiger charge is -2.39. The third-order valence-electron chi connectivity index (χ3n) is 7.18. The van der Waals surface area contributed by atoms with Crippen LogP contribution in [0, 0.1) is 5.92 Å². The van der Waals surface area contributed by atoms with Gasteiger partial charge in [-0.25, -0.2) is 4.79 Å². The Morgan fingerprint density at radius 1 is 1.28 bits per heavy atom. The minimum absolute atomic E-state index is 0.0982. The Bertz CT molecular complexity index is 1060. The van der Waals surface area contributed by atoms with Crippen LogP contribution in [-0.2, 0) is 23.9 Å². The van der Waals surface area contributed by atoms with Crippen molar-refractivity contribution in [2.75, 3.05) is 31.8 Å². The summed E-state index contributed by atoms with van der Waals surface area (Å²) in [6, 6.07) is 0.0329. The molecule has 3 aliphatic heterocycles. The standard InChI is InChI=1S/C23H32N4O7S2/c1-11-16(26-22(2,3)6-8-36-35-7-5-14(28)29)19(31)15-12(10-34-21(24)32)23(33-4)20-13(25-20)9-27(23)17(15)18(11)30/h12-13,20,25-26H,5-10H2,1-4H3,(H2,24,32)(H,28,29)/t12-,13+,20+,23-/m1/s1. The van der Waals surface area contributed by atoms with Gasteiger partial charge in [-0.05, 0) is 27.2 Å². The van der Waals surface area contributed by atoms with Crippen LogP contribution in [0.1, 0.15) is 33.6 Å². The first-order valence-electron chi connectivity index (χ1n) is 11.7. The number of allylic oxidation sites excluding steroid dienone is 2. The largest absolute Gasteiger partial charge is 0.481 e. The van der Waals surface area contributed by atoms with Gasteiger partial charge in [0.25, 0.3) is 0 Å². The maximum absolute atomic E-state index is 13.9. The van der Waals surface area contributed by atoms with E-state index >= 15 is 0 Å². The summed E-state index contributed by atoms with van der Waals surface area (Å²) in [4.78, 5) is 51.5. The predicted octanol–water partition coefficient (Wildman–Crippen LogP) is 1.00. The van der Waals surface area contributed by atoms with Crippen LogP contribution in [0.3, 0.4) is 0 Å². The van der Waals surface area contributed by atoms with Crippen molar-refractivity contribution in [2.24, 2.45) is 11.7 Å². The highest BCUT2D eigenvalue weighted by molar-refractivity contribution is 8.76. The van der Waals surface area contributed by atoms with E-state index in [0.717, 1.165) is 5.75 Å². The van der Waals surface area contributed by atoms with Crippen molar-refractivity contribution in [2.45, 2.75) is 57.0 Å². The number of nitrogens with zero attached hydrogens (tertiary/aromatic N) is 1. The number of primary amides is 1. The molecule has 2 fully saturated rings. The number of nitrogens with two attached hydrogens (primary N) is 1. The number of rotatable bonds is 12. The van der Waals surface area contributed by atoms with Gasteiger partial charge in [0.2, 0.25) is 11.6 Å². The van der Waals surface area contributed by atoms with Crippen LogP contribution in [0.4, 0.5) is 4.79 Å². The normalized spacial score (nSPS) is 28.8. The molecule has 13 heteroatoms. The summed E-state index contributed by atoms with van der Waals surface area (Å²) >= 11 is 0. The van der Waals surface area contributed by atoms with Gasteiger partial charge < -0.3 is 35.8 Å². The van der Waals surface area contributed by atoms with Crippen LogP contribution in [0.25, 0.3) is 0 Å². The number of nitrogens with one attached hydrogen (secondary N) is 2. The number of fused-ring (bicyclic) bond motifs is 4. The van der Waals surface area contributed by atoms with Crippen molar-refractivity contribution in [1.29, 1.82) is 0 Å². The molecule has 1 aliphatic carbocycles. The zero-order valence-electron chi connectivity index (χ0n) is 20.7. The Morgan fingerprint density at radius 3 is 2.61 bits per heavy atom. The molecule has 2 saturated heterocycles. The number of carboxylic acids is 1. The molecule has 5 N–H and O–H groups in total. The van der Waals surface area contributed by atoms with Crippen LogP contribution < -0.4 is 16.4 Å². The summed E-state index contributed by atoms with van der Waals surface area (Å²) in [5.74, 6) is -0.800. The van der Waals surface area contributed by atoms with Crippen molar-refractivity contribution in [3.8, 4) is 0 Å². The van der Waals surface area contributed by atoms with Crippen molar-refractivity contribution in [1.82, 2.24) is 15.5 Å². The van der Waals surface area contributed by atoms with Gasteiger partial charge in [0.1, 0.15) is 6.61 Å². The SMILES string of the molecule is CO[C@@]12[C@H](COC(N)=O)C3=C(C(=O)C(C)=C(NC(C)(C)CCSSCCC(=O)O)C3=O)N1C[C@@H]1N[C@@H]12. The lowest BCUT2D eigenvalue weighted by molar-refractivity contribution is -0.137. The molecule has 0 saturated carbocycles. The van der Waals surface area contributed by atoms with E-state index < -0.39 is 29.2 Å². The summed E-state index contributed by atoms with van der Waals surface area (Å²) in [5.41, 5.74) is 4.90. The van der Waals surface area contributed by atoms with E-state index in [1.807, 2.05) is 18.7 Å². The van der Waals surface area contributed by atoms with E-state index in [-0.39, 0.29) is 47.9 Å². The molecule has 0 unspecified atom stereocenters. The number of carbonyl (C=O) groups is 4. The Hall–Kier alpha value is -2.22. The molecule has 0 aromatic heterocycles. The molecule has 4 atom stereocenters. The molecule has 198 valence electrons. The second-order valence-corrected chi connectivity index (χ2v) is 12.7. The van der Waals surface area contributed by atoms with E-state index in [1.54, 1.807) is 17.7 Å². The smallest absolute Gasteiger partial charge is 0.404 e. The van der Waals surface area contributed by atoms with Crippen molar-refractivity contribution >= 4 is 45.2 Å². The molecular weight excluding hydrogens is 508 g/mol. The predicted molar refractivity (Wildman–Crippen MR) is 135 cm³/mol. The number of carbonyl (C=O) groups excluding carboxylic acids is 3. The molecule has 0 bridgehead atoms. The van der Waals surface area contributed by atoms with Crippen molar-refractivity contribution in [3.63, 3.8) is 0 Å². The minimum atomic E-state index is -1.01. The number of ether oxygens (including phenoxy) is 2. The number of aliphatic carboxylic acids is 1. The van der Waals surface area contributed by atoms with Crippen LogP contribution in [0.5, 0.6) is 0 Å². The topological polar surface area (TPSA) is 170 Å². The van der Waals surface area contributed by atoms with Gasteiger partial charge in [-0.15, -0.1) is 0 Å². The number of piperazine rings is 1. The lowest BCUT2D eigenvalue weighted by atomic mass is 9.82. The first kappa shape index (κ1) is 26.8. The molecule has 0 aromatic rings. The molecule has 4 aliphatic rings. The number of carboxylic acid groups (broad SMARTS) is 1. The van der Waals surface area contributed by atoms with E-state index in [4.69, 9.17) is 20.3 Å². The first-order valence-corrected chi connectivity index (χ1v) is 14.2. The van der Waals surface area contributed by atoms with Gasteiger partial charge in [-0.2, -0.15) is 0 Å². The molecule has 4 rings (SSSR count). The maximum atomic E-state index is 13.9. The van der Waals surface area contributed by atoms with Crippen LogP contribution in [0.2, 0.25) is 0 Å². The van der Waals surface area contributed by atoms with Gasteiger partial charge in [0.05, 0.1) is 29.8 Å². The highest BCUT2D eigenvalue weighted by atomic mass is 33.1. The highest BCUT2D eigenvalue weighted by Gasteiger charge is 2.72. The van der Waals surface area contributed by atoms with Gasteiger partial charge in [-0.3, -0.25) is 14.4 Å². The Morgan fingerprint density at radius 2 is 1.97 bits per heavy atom. The molecule has 1 amide bonds. The Labute approximate surface area is 217 Å². The highest BCUT2D eigenvalue weighted by Crippen LogP contribution is 2.55. The van der Waals surface area contributed by atoms with Gasteiger partial charge >= 0.3 is 12.1 Å². The summed E-state index contributed by atoms with van der Waals surface area (Å²) in [6.07, 6.45) is -0.172. The van der Waals surface area contributed by atoms with E-state index in [0.29, 0.717) is 30.0 Å². The van der Waals surface area contributed by atoms with Crippen LogP contribution in [-0.4, -0.2) is 88.8 Å². The number of methoxy groups -OCH3 is 1. The van der Waals surface area contributed by atoms with Crippen molar-refractivity contribution < 1.29 is 33.8 Å². The Balaban J connectivity index is 1.53. The third kappa shape index (κ3) is 4.61. The maximum Gasteiger partial charge on any atom is 0.404 e. The fraction of sp³-hybridized carbons (Fsp3) is 0.652. The van der Waals surface area contributed by atoms with Crippen molar-refractivity contribution in [3.05, 3.63) is 22.5 Å². The summed E-state index contributed by atoms with van der Waals surface area (Å²) in [5, 5.41) is 15.4. The summed E-state index contributed by atoms with van der Waals surface area (Å²) in [6.45, 7) is 5.89. The average Bonchev–Trinajstić information content (AvgIpc) is 3.42. The lowest BCUT2D eigenvalue weighted by Crippen LogP contribution is -2.55. The molecule has 11 nitrogen and oxygen atoms in total. The molecule has 0 spiro atoms. The van der Waals surface area contributed by atoms with E-state index in [2.05, 4.69) is 10.6 Å². The van der Waals surface area contributed by atoms with Crippen LogP contribution >= 0.6 is 21.6 Å². The summed E-state index contributed by atoms with van der Waals surface area (Å²) in [7, 11) is 4.61. The van der Waals surface area contributed by atoms with E-state index in [9.17, 15) is 19.2 Å². The molecular formula is C23H32N4O7S2. The first-order chi connectivity index (χ1) is 16.9. The zero-order chi connectivity index (χ0) is 26.4. The monoisotopic (exact) mass is 540 g/mol. The number of hydrogen-bond acceptors (Lipinski definition) is 11. The average molecular weight is 541 g/mol.